The first-order chi connectivity index (χ1) is 12.0. The van der Waals surface area contributed by atoms with Crippen molar-refractivity contribution in [3.63, 3.8) is 0 Å². The summed E-state index contributed by atoms with van der Waals surface area (Å²) in [5.41, 5.74) is 5.31. The Morgan fingerprint density at radius 2 is 1.88 bits per heavy atom. The molecular weight excluding hydrogens is 364 g/mol. The standard InChI is InChI=1S/C15H16N4O6S/c1-18(2)26(24,25)14-8-10(4-5-11(14)16)17-12-6-3-9(15(20)21)7-13(12)19(22)23/h3-8,17H,16H2,1-2H3,(H,20,21). The quantitative estimate of drug-likeness (QED) is 0.389. The molecule has 0 saturated heterocycles. The van der Waals surface area contributed by atoms with Crippen LogP contribution in [0.5, 0.6) is 0 Å². The van der Waals surface area contributed by atoms with Gasteiger partial charge in [-0.2, -0.15) is 0 Å². The number of nitrogens with zero attached hydrogens (tertiary/aromatic N) is 2. The lowest BCUT2D eigenvalue weighted by Crippen LogP contribution is -2.23. The van der Waals surface area contributed by atoms with Gasteiger partial charge in [-0.3, -0.25) is 10.1 Å². The fourth-order valence-corrected chi connectivity index (χ4v) is 3.14. The minimum atomic E-state index is -3.81. The largest absolute Gasteiger partial charge is 0.478 e. The average molecular weight is 380 g/mol. The van der Waals surface area contributed by atoms with Crippen LogP contribution in [0.15, 0.2) is 41.3 Å². The minimum absolute atomic E-state index is 0.0120. The SMILES string of the molecule is CN(C)S(=O)(=O)c1cc(Nc2ccc(C(=O)O)cc2[N+](=O)[O-])ccc1N. The van der Waals surface area contributed by atoms with Gasteiger partial charge in [0.1, 0.15) is 10.6 Å². The number of nitro groups is 1. The van der Waals surface area contributed by atoms with E-state index in [1.165, 1.54) is 44.4 Å². The number of nitrogen functional groups attached to an aromatic ring is 1. The first kappa shape index (κ1) is 19.1. The lowest BCUT2D eigenvalue weighted by molar-refractivity contribution is -0.383. The van der Waals surface area contributed by atoms with Gasteiger partial charge in [-0.15, -0.1) is 0 Å². The highest BCUT2D eigenvalue weighted by molar-refractivity contribution is 7.89. The van der Waals surface area contributed by atoms with Crippen LogP contribution >= 0.6 is 0 Å². The maximum atomic E-state index is 12.3. The van der Waals surface area contributed by atoms with Crippen LogP contribution in [0.4, 0.5) is 22.7 Å². The van der Waals surface area contributed by atoms with Crippen molar-refractivity contribution in [3.05, 3.63) is 52.1 Å². The molecule has 0 spiro atoms. The van der Waals surface area contributed by atoms with Gasteiger partial charge < -0.3 is 16.2 Å². The number of rotatable bonds is 6. The Morgan fingerprint density at radius 1 is 1.23 bits per heavy atom. The Kier molecular flexibility index (Phi) is 5.14. The van der Waals surface area contributed by atoms with Crippen molar-refractivity contribution < 1.29 is 23.2 Å². The van der Waals surface area contributed by atoms with Crippen molar-refractivity contribution in [2.75, 3.05) is 25.1 Å². The molecule has 0 unspecified atom stereocenters. The average Bonchev–Trinajstić information content (AvgIpc) is 2.56. The van der Waals surface area contributed by atoms with Crippen LogP contribution in [0.2, 0.25) is 0 Å². The Morgan fingerprint density at radius 3 is 2.42 bits per heavy atom. The molecule has 0 heterocycles. The van der Waals surface area contributed by atoms with E-state index in [9.17, 15) is 23.3 Å². The molecule has 0 aromatic heterocycles. The number of aromatic carboxylic acids is 1. The van der Waals surface area contributed by atoms with Gasteiger partial charge in [-0.1, -0.05) is 0 Å². The zero-order chi connectivity index (χ0) is 19.6. The van der Waals surface area contributed by atoms with Crippen molar-refractivity contribution >= 4 is 38.7 Å². The van der Waals surface area contributed by atoms with E-state index in [2.05, 4.69) is 5.32 Å². The molecule has 0 radical (unpaired) electrons. The summed E-state index contributed by atoms with van der Waals surface area (Å²) in [4.78, 5) is 21.3. The number of nitrogens with one attached hydrogen (secondary N) is 1. The molecule has 10 nitrogen and oxygen atoms in total. The second kappa shape index (κ2) is 6.98. The molecule has 0 atom stereocenters. The summed E-state index contributed by atoms with van der Waals surface area (Å²) < 4.78 is 25.6. The van der Waals surface area contributed by atoms with Crippen LogP contribution in [-0.2, 0) is 10.0 Å². The zero-order valence-corrected chi connectivity index (χ0v) is 14.6. The molecule has 4 N–H and O–H groups in total. The van der Waals surface area contributed by atoms with Gasteiger partial charge in [0, 0.05) is 25.8 Å². The lowest BCUT2D eigenvalue weighted by Gasteiger charge is -2.15. The summed E-state index contributed by atoms with van der Waals surface area (Å²) in [6.07, 6.45) is 0. The van der Waals surface area contributed by atoms with E-state index in [0.717, 1.165) is 10.4 Å². The molecule has 0 saturated carbocycles. The summed E-state index contributed by atoms with van der Waals surface area (Å²) in [7, 11) is -1.11. The second-order valence-electron chi connectivity index (χ2n) is 5.46. The molecule has 11 heteroatoms. The van der Waals surface area contributed by atoms with Gasteiger partial charge >= 0.3 is 5.97 Å². The van der Waals surface area contributed by atoms with Gasteiger partial charge in [-0.05, 0) is 30.3 Å². The fraction of sp³-hybridized carbons (Fsp3) is 0.133. The van der Waals surface area contributed by atoms with E-state index in [1.807, 2.05) is 0 Å². The molecule has 0 amide bonds. The number of carboxylic acid groups (broad SMARTS) is 1. The van der Waals surface area contributed by atoms with Gasteiger partial charge in [0.25, 0.3) is 5.69 Å². The first-order valence-corrected chi connectivity index (χ1v) is 8.59. The molecular formula is C15H16N4O6S. The summed E-state index contributed by atoms with van der Waals surface area (Å²) in [5.74, 6) is -1.30. The minimum Gasteiger partial charge on any atom is -0.478 e. The van der Waals surface area contributed by atoms with E-state index < -0.39 is 26.6 Å². The van der Waals surface area contributed by atoms with Crippen LogP contribution in [0.3, 0.4) is 0 Å². The van der Waals surface area contributed by atoms with Crippen LogP contribution in [0, 0.1) is 10.1 Å². The number of nitrogens with two attached hydrogens (primary N) is 1. The number of carboxylic acids is 1. The molecule has 0 fully saturated rings. The molecule has 26 heavy (non-hydrogen) atoms. The fourth-order valence-electron chi connectivity index (χ4n) is 2.11. The molecule has 0 aliphatic rings. The van der Waals surface area contributed by atoms with E-state index >= 15 is 0 Å². The number of carbonyl (C=O) groups is 1. The number of nitro benzene ring substituents is 1. The summed E-state index contributed by atoms with van der Waals surface area (Å²) in [6, 6.07) is 7.42. The highest BCUT2D eigenvalue weighted by Crippen LogP contribution is 2.31. The predicted octanol–water partition coefficient (Wildman–Crippen LogP) is 1.87. The number of hydrogen-bond donors (Lipinski definition) is 3. The van der Waals surface area contributed by atoms with Gasteiger partial charge in [0.05, 0.1) is 16.2 Å². The van der Waals surface area contributed by atoms with Gasteiger partial charge in [-0.25, -0.2) is 17.5 Å². The topological polar surface area (TPSA) is 156 Å². The van der Waals surface area contributed by atoms with Crippen molar-refractivity contribution in [3.8, 4) is 0 Å². The van der Waals surface area contributed by atoms with Gasteiger partial charge in [0.2, 0.25) is 10.0 Å². The van der Waals surface area contributed by atoms with Crippen molar-refractivity contribution in [2.24, 2.45) is 0 Å². The monoisotopic (exact) mass is 380 g/mol. The molecule has 0 aliphatic heterocycles. The normalized spacial score (nSPS) is 11.3. The van der Waals surface area contributed by atoms with E-state index in [4.69, 9.17) is 10.8 Å². The third kappa shape index (κ3) is 3.73. The molecule has 2 aromatic rings. The molecule has 0 aliphatic carbocycles. The third-order valence-corrected chi connectivity index (χ3v) is 5.36. The maximum Gasteiger partial charge on any atom is 0.335 e. The Balaban J connectivity index is 2.50. The summed E-state index contributed by atoms with van der Waals surface area (Å²) in [5, 5.41) is 22.9. The lowest BCUT2D eigenvalue weighted by atomic mass is 10.1. The van der Waals surface area contributed by atoms with Crippen LogP contribution in [0.1, 0.15) is 10.4 Å². The van der Waals surface area contributed by atoms with Crippen molar-refractivity contribution in [2.45, 2.75) is 4.90 Å². The van der Waals surface area contributed by atoms with Crippen LogP contribution < -0.4 is 11.1 Å². The van der Waals surface area contributed by atoms with Crippen molar-refractivity contribution in [1.29, 1.82) is 0 Å². The molecule has 2 aromatic carbocycles. The number of sulfonamides is 1. The summed E-state index contributed by atoms with van der Waals surface area (Å²) in [6.45, 7) is 0. The predicted molar refractivity (Wildman–Crippen MR) is 95.1 cm³/mol. The van der Waals surface area contributed by atoms with E-state index in [1.54, 1.807) is 0 Å². The highest BCUT2D eigenvalue weighted by atomic mass is 32.2. The molecule has 138 valence electrons. The Hall–Kier alpha value is -3.18. The Labute approximate surface area is 149 Å². The van der Waals surface area contributed by atoms with Crippen molar-refractivity contribution in [1.82, 2.24) is 4.31 Å². The second-order valence-corrected chi connectivity index (χ2v) is 7.58. The van der Waals surface area contributed by atoms with Gasteiger partial charge in [0.15, 0.2) is 0 Å². The number of hydrogen-bond acceptors (Lipinski definition) is 7. The van der Waals surface area contributed by atoms with E-state index in [-0.39, 0.29) is 27.5 Å². The maximum absolute atomic E-state index is 12.3. The number of benzene rings is 2. The number of anilines is 3. The summed E-state index contributed by atoms with van der Waals surface area (Å²) >= 11 is 0. The molecule has 0 bridgehead atoms. The van der Waals surface area contributed by atoms with Crippen LogP contribution in [0.25, 0.3) is 0 Å². The highest BCUT2D eigenvalue weighted by Gasteiger charge is 2.22. The van der Waals surface area contributed by atoms with Crippen LogP contribution in [-0.4, -0.2) is 42.8 Å². The van der Waals surface area contributed by atoms with E-state index in [0.29, 0.717) is 0 Å². The third-order valence-electron chi connectivity index (χ3n) is 3.49. The zero-order valence-electron chi connectivity index (χ0n) is 13.8. The molecule has 2 rings (SSSR count). The Bertz CT molecular complexity index is 988. The first-order valence-electron chi connectivity index (χ1n) is 7.15. The smallest absolute Gasteiger partial charge is 0.335 e.